The Kier molecular flexibility index (Phi) is 2.42. The first-order chi connectivity index (χ1) is 10.9. The van der Waals surface area contributed by atoms with Crippen LogP contribution in [0.1, 0.15) is 17.5 Å². The van der Waals surface area contributed by atoms with Gasteiger partial charge in [-0.1, -0.05) is 60.7 Å². The lowest BCUT2D eigenvalue weighted by Crippen LogP contribution is -1.97. The molecule has 1 aliphatic carbocycles. The molecule has 0 aliphatic heterocycles. The van der Waals surface area contributed by atoms with Crippen LogP contribution in [0.25, 0.3) is 38.4 Å². The van der Waals surface area contributed by atoms with Crippen LogP contribution in [0.15, 0.2) is 66.7 Å². The smallest absolute Gasteiger partial charge is 0.00958 e. The van der Waals surface area contributed by atoms with E-state index in [0.717, 1.165) is 12.8 Å². The summed E-state index contributed by atoms with van der Waals surface area (Å²) in [6.45, 7) is 0. The van der Waals surface area contributed by atoms with E-state index in [1.807, 2.05) is 0 Å². The van der Waals surface area contributed by atoms with Crippen LogP contribution in [0.4, 0.5) is 0 Å². The number of rotatable bonds is 0. The molecular weight excluding hydrogens is 264 g/mol. The Labute approximate surface area is 129 Å². The van der Waals surface area contributed by atoms with Gasteiger partial charge in [-0.25, -0.2) is 0 Å². The van der Waals surface area contributed by atoms with E-state index in [-0.39, 0.29) is 0 Å². The zero-order chi connectivity index (χ0) is 14.5. The van der Waals surface area contributed by atoms with Crippen LogP contribution >= 0.6 is 0 Å². The maximum Gasteiger partial charge on any atom is -0.00958 e. The number of aryl methyl sites for hydroxylation is 1. The maximum atomic E-state index is 2.38. The van der Waals surface area contributed by atoms with Gasteiger partial charge >= 0.3 is 0 Å². The van der Waals surface area contributed by atoms with Crippen molar-refractivity contribution in [1.29, 1.82) is 0 Å². The average Bonchev–Trinajstić information content (AvgIpc) is 2.61. The van der Waals surface area contributed by atoms with E-state index >= 15 is 0 Å². The molecule has 0 amide bonds. The molecule has 0 nitrogen and oxygen atoms in total. The van der Waals surface area contributed by atoms with Crippen molar-refractivity contribution in [2.45, 2.75) is 12.8 Å². The molecule has 0 radical (unpaired) electrons. The number of benzene rings is 4. The largest absolute Gasteiger partial charge is 0.0836 e. The van der Waals surface area contributed by atoms with E-state index < -0.39 is 0 Å². The number of hydrogen-bond acceptors (Lipinski definition) is 0. The fourth-order valence-corrected chi connectivity index (χ4v) is 3.86. The molecule has 22 heavy (non-hydrogen) atoms. The van der Waals surface area contributed by atoms with Gasteiger partial charge in [0.05, 0.1) is 0 Å². The van der Waals surface area contributed by atoms with Crippen molar-refractivity contribution < 1.29 is 0 Å². The molecule has 0 aromatic heterocycles. The molecule has 0 heterocycles. The van der Waals surface area contributed by atoms with Gasteiger partial charge in [0, 0.05) is 0 Å². The van der Waals surface area contributed by atoms with Gasteiger partial charge in [0.2, 0.25) is 0 Å². The fraction of sp³-hybridized carbons (Fsp3) is 0.0909. The summed E-state index contributed by atoms with van der Waals surface area (Å²) in [7, 11) is 0. The zero-order valence-electron chi connectivity index (χ0n) is 12.3. The van der Waals surface area contributed by atoms with Gasteiger partial charge in [0.25, 0.3) is 0 Å². The third-order valence-electron chi connectivity index (χ3n) is 4.89. The predicted molar refractivity (Wildman–Crippen MR) is 96.3 cm³/mol. The summed E-state index contributed by atoms with van der Waals surface area (Å²) in [5.74, 6) is 0. The Hall–Kier alpha value is -2.60. The van der Waals surface area contributed by atoms with Gasteiger partial charge in [0.1, 0.15) is 0 Å². The zero-order valence-corrected chi connectivity index (χ0v) is 12.3. The molecule has 0 saturated carbocycles. The minimum Gasteiger partial charge on any atom is -0.0836 e. The van der Waals surface area contributed by atoms with E-state index in [4.69, 9.17) is 0 Å². The summed E-state index contributed by atoms with van der Waals surface area (Å²) < 4.78 is 0. The Morgan fingerprint density at radius 1 is 0.636 bits per heavy atom. The Bertz CT molecular complexity index is 1070. The van der Waals surface area contributed by atoms with Crippen molar-refractivity contribution in [1.82, 2.24) is 0 Å². The first kappa shape index (κ1) is 12.0. The normalized spacial score (nSPS) is 13.8. The second-order valence-corrected chi connectivity index (χ2v) is 6.12. The fourth-order valence-electron chi connectivity index (χ4n) is 3.86. The minimum absolute atomic E-state index is 1.14. The molecule has 4 aromatic rings. The van der Waals surface area contributed by atoms with Crippen LogP contribution in [0, 0.1) is 0 Å². The molecule has 5 rings (SSSR count). The van der Waals surface area contributed by atoms with Crippen molar-refractivity contribution in [3.63, 3.8) is 0 Å². The average molecular weight is 280 g/mol. The van der Waals surface area contributed by atoms with Crippen LogP contribution in [0.3, 0.4) is 0 Å². The molecule has 0 saturated heterocycles. The second kappa shape index (κ2) is 4.45. The third-order valence-corrected chi connectivity index (χ3v) is 4.89. The summed E-state index contributed by atoms with van der Waals surface area (Å²) in [5, 5.41) is 8.23. The summed E-state index contributed by atoms with van der Waals surface area (Å²) in [6, 6.07) is 22.2. The molecule has 0 spiro atoms. The van der Waals surface area contributed by atoms with Gasteiger partial charge in [-0.2, -0.15) is 0 Å². The van der Waals surface area contributed by atoms with Crippen LogP contribution < -0.4 is 0 Å². The van der Waals surface area contributed by atoms with E-state index in [9.17, 15) is 0 Å². The van der Waals surface area contributed by atoms with Crippen molar-refractivity contribution in [3.8, 4) is 0 Å². The van der Waals surface area contributed by atoms with E-state index in [0.29, 0.717) is 0 Å². The van der Waals surface area contributed by atoms with E-state index in [1.54, 1.807) is 0 Å². The standard InChI is InChI=1S/C22H16/c1-2-8-16-14-22-20-12-6-4-10-18(20)17-9-3-5-11-19(17)21(22)13-15(16)7-1/h1-5,7-11,13-14H,6,12H2. The highest BCUT2D eigenvalue weighted by Crippen LogP contribution is 2.38. The van der Waals surface area contributed by atoms with Gasteiger partial charge in [-0.3, -0.25) is 0 Å². The molecule has 0 bridgehead atoms. The van der Waals surface area contributed by atoms with Gasteiger partial charge in [-0.15, -0.1) is 0 Å². The lowest BCUT2D eigenvalue weighted by Gasteiger charge is -2.18. The molecule has 0 atom stereocenters. The van der Waals surface area contributed by atoms with Gasteiger partial charge < -0.3 is 0 Å². The molecule has 104 valence electrons. The summed E-state index contributed by atoms with van der Waals surface area (Å²) in [6.07, 6.45) is 6.91. The summed E-state index contributed by atoms with van der Waals surface area (Å²) >= 11 is 0. The number of fused-ring (bicyclic) bond motifs is 7. The maximum absolute atomic E-state index is 2.38. The van der Waals surface area contributed by atoms with Crippen LogP contribution in [-0.4, -0.2) is 0 Å². The second-order valence-electron chi connectivity index (χ2n) is 6.12. The van der Waals surface area contributed by atoms with E-state index in [1.165, 1.54) is 43.4 Å². The lowest BCUT2D eigenvalue weighted by atomic mass is 9.86. The first-order valence-corrected chi connectivity index (χ1v) is 7.94. The summed E-state index contributed by atoms with van der Waals surface area (Å²) in [4.78, 5) is 0. The molecule has 0 heteroatoms. The molecule has 0 N–H and O–H groups in total. The highest BCUT2D eigenvalue weighted by Gasteiger charge is 2.14. The van der Waals surface area contributed by atoms with Crippen LogP contribution in [-0.2, 0) is 6.42 Å². The predicted octanol–water partition coefficient (Wildman–Crippen LogP) is 6.11. The van der Waals surface area contributed by atoms with Crippen molar-refractivity contribution in [3.05, 3.63) is 77.9 Å². The molecule has 0 unspecified atom stereocenters. The quantitative estimate of drug-likeness (QED) is 0.269. The Morgan fingerprint density at radius 3 is 2.14 bits per heavy atom. The first-order valence-electron chi connectivity index (χ1n) is 7.94. The van der Waals surface area contributed by atoms with E-state index in [2.05, 4.69) is 72.8 Å². The molecular formula is C22H16. The third kappa shape index (κ3) is 1.58. The minimum atomic E-state index is 1.14. The van der Waals surface area contributed by atoms with Crippen LogP contribution in [0.5, 0.6) is 0 Å². The lowest BCUT2D eigenvalue weighted by molar-refractivity contribution is 1.00. The molecule has 0 fully saturated rings. The topological polar surface area (TPSA) is 0 Å². The SMILES string of the molecule is C1=Cc2c(c3cc4ccccc4cc3c3ccccc23)CC1. The monoisotopic (exact) mass is 280 g/mol. The van der Waals surface area contributed by atoms with Gasteiger partial charge in [-0.05, 0) is 68.4 Å². The number of hydrogen-bond donors (Lipinski definition) is 0. The Balaban J connectivity index is 2.09. The Morgan fingerprint density at radius 2 is 1.32 bits per heavy atom. The highest BCUT2D eigenvalue weighted by molar-refractivity contribution is 6.16. The van der Waals surface area contributed by atoms with Crippen molar-refractivity contribution in [2.75, 3.05) is 0 Å². The summed E-state index contributed by atoms with van der Waals surface area (Å²) in [5.41, 5.74) is 2.94. The van der Waals surface area contributed by atoms with Crippen molar-refractivity contribution >= 4 is 38.4 Å². The van der Waals surface area contributed by atoms with Crippen molar-refractivity contribution in [2.24, 2.45) is 0 Å². The van der Waals surface area contributed by atoms with Crippen LogP contribution in [0.2, 0.25) is 0 Å². The molecule has 4 aromatic carbocycles. The number of allylic oxidation sites excluding steroid dienone is 1. The highest BCUT2D eigenvalue weighted by atomic mass is 14.2. The van der Waals surface area contributed by atoms with Gasteiger partial charge in [0.15, 0.2) is 0 Å². The molecule has 1 aliphatic rings.